The number of nitrogens with zero attached hydrogens (tertiary/aromatic N) is 1. The molecular formula is C12H13N3OS3. The fourth-order valence-corrected chi connectivity index (χ4v) is 2.93. The van der Waals surface area contributed by atoms with E-state index < -0.39 is 0 Å². The molecule has 0 spiro atoms. The number of rotatable bonds is 2. The van der Waals surface area contributed by atoms with Gasteiger partial charge in [0.25, 0.3) is 0 Å². The van der Waals surface area contributed by atoms with Crippen LogP contribution in [0.2, 0.25) is 0 Å². The van der Waals surface area contributed by atoms with Crippen LogP contribution in [0.4, 0.5) is 5.69 Å². The van der Waals surface area contributed by atoms with E-state index in [-0.39, 0.29) is 5.88 Å². The van der Waals surface area contributed by atoms with Gasteiger partial charge in [0.15, 0.2) is 9.07 Å². The average Bonchev–Trinajstić information content (AvgIpc) is 2.56. The van der Waals surface area contributed by atoms with Gasteiger partial charge in [0.1, 0.15) is 0 Å². The van der Waals surface area contributed by atoms with Crippen molar-refractivity contribution in [2.45, 2.75) is 13.8 Å². The maximum absolute atomic E-state index is 9.83. The molecule has 0 fully saturated rings. The summed E-state index contributed by atoms with van der Waals surface area (Å²) in [7, 11) is 0. The first-order chi connectivity index (χ1) is 8.97. The van der Waals surface area contributed by atoms with Crippen LogP contribution in [0.25, 0.3) is 0 Å². The van der Waals surface area contributed by atoms with Gasteiger partial charge in [0, 0.05) is 5.69 Å². The third-order valence-corrected chi connectivity index (χ3v) is 3.91. The van der Waals surface area contributed by atoms with Crippen molar-refractivity contribution in [2.24, 2.45) is 0 Å². The monoisotopic (exact) mass is 311 g/mol. The lowest BCUT2D eigenvalue weighted by molar-refractivity contribution is 0.433. The van der Waals surface area contributed by atoms with E-state index >= 15 is 0 Å². The molecule has 100 valence electrons. The molecule has 0 atom stereocenters. The topological polar surface area (TPSA) is 49.2 Å². The zero-order valence-electron chi connectivity index (χ0n) is 10.4. The molecule has 19 heavy (non-hydrogen) atoms. The van der Waals surface area contributed by atoms with Crippen LogP contribution >= 0.6 is 35.8 Å². The van der Waals surface area contributed by atoms with Gasteiger partial charge in [-0.25, -0.2) is 0 Å². The smallest absolute Gasteiger partial charge is 0.225 e. The number of hydrogen-bond donors (Lipinski definition) is 3. The van der Waals surface area contributed by atoms with Crippen LogP contribution in [-0.2, 0) is 0 Å². The number of aromatic nitrogens is 1. The van der Waals surface area contributed by atoms with Crippen molar-refractivity contribution in [1.29, 1.82) is 0 Å². The van der Waals surface area contributed by atoms with Gasteiger partial charge in [-0.05, 0) is 56.0 Å². The zero-order valence-corrected chi connectivity index (χ0v) is 12.9. The van der Waals surface area contributed by atoms with Crippen molar-refractivity contribution >= 4 is 46.6 Å². The molecule has 0 bridgehead atoms. The Labute approximate surface area is 125 Å². The average molecular weight is 311 g/mol. The van der Waals surface area contributed by atoms with Crippen molar-refractivity contribution in [3.63, 3.8) is 0 Å². The molecule has 0 amide bonds. The molecule has 0 aliphatic rings. The lowest BCUT2D eigenvalue weighted by atomic mass is 10.2. The highest BCUT2D eigenvalue weighted by molar-refractivity contribution is 7.80. The SMILES string of the molecule is Cc1cccc(NC(=S)Nn2c(O)c(C)sc2=S)c1. The molecular weight excluding hydrogens is 298 g/mol. The number of aryl methyl sites for hydroxylation is 2. The molecule has 0 unspecified atom stereocenters. The van der Waals surface area contributed by atoms with E-state index in [9.17, 15) is 5.11 Å². The second-order valence-corrected chi connectivity index (χ2v) is 6.28. The highest BCUT2D eigenvalue weighted by Crippen LogP contribution is 2.23. The summed E-state index contributed by atoms with van der Waals surface area (Å²) in [6.07, 6.45) is 0. The Morgan fingerprint density at radius 3 is 2.68 bits per heavy atom. The summed E-state index contributed by atoms with van der Waals surface area (Å²) in [5.74, 6) is 0.0865. The van der Waals surface area contributed by atoms with Gasteiger partial charge in [-0.3, -0.25) is 5.43 Å². The minimum atomic E-state index is 0.0865. The molecule has 1 aromatic heterocycles. The van der Waals surface area contributed by atoms with E-state index in [1.165, 1.54) is 16.0 Å². The summed E-state index contributed by atoms with van der Waals surface area (Å²) >= 11 is 11.7. The third-order valence-electron chi connectivity index (χ3n) is 2.44. The van der Waals surface area contributed by atoms with Crippen LogP contribution in [0, 0.1) is 17.8 Å². The third kappa shape index (κ3) is 3.31. The van der Waals surface area contributed by atoms with E-state index in [4.69, 9.17) is 24.4 Å². The fraction of sp³-hybridized carbons (Fsp3) is 0.167. The van der Waals surface area contributed by atoms with E-state index in [0.717, 1.165) is 16.1 Å². The van der Waals surface area contributed by atoms with E-state index in [1.807, 2.05) is 31.2 Å². The molecule has 2 rings (SSSR count). The summed E-state index contributed by atoms with van der Waals surface area (Å²) in [5.41, 5.74) is 4.88. The van der Waals surface area contributed by atoms with E-state index in [0.29, 0.717) is 9.07 Å². The van der Waals surface area contributed by atoms with Gasteiger partial charge in [0.05, 0.1) is 4.88 Å². The quantitative estimate of drug-likeness (QED) is 0.741. The first-order valence-electron chi connectivity index (χ1n) is 5.53. The second kappa shape index (κ2) is 5.68. The standard InChI is InChI=1S/C12H13N3OS3/c1-7-4-3-5-9(6-7)13-11(17)14-15-10(16)8(2)19-12(15)18/h3-6,16H,1-2H3,(H2,13,14,17). The maximum Gasteiger partial charge on any atom is 0.225 e. The summed E-state index contributed by atoms with van der Waals surface area (Å²) in [6, 6.07) is 7.84. The molecule has 3 N–H and O–H groups in total. The Hall–Kier alpha value is -1.44. The lowest BCUT2D eigenvalue weighted by Crippen LogP contribution is -2.27. The molecule has 1 heterocycles. The number of aromatic hydroxyl groups is 1. The number of nitrogens with one attached hydrogen (secondary N) is 2. The Kier molecular flexibility index (Phi) is 4.18. The van der Waals surface area contributed by atoms with Crippen LogP contribution < -0.4 is 10.7 Å². The predicted molar refractivity (Wildman–Crippen MR) is 86.3 cm³/mol. The van der Waals surface area contributed by atoms with Gasteiger partial charge in [-0.15, -0.1) is 11.3 Å². The molecule has 0 aliphatic heterocycles. The number of hydrogen-bond acceptors (Lipinski definition) is 4. The van der Waals surface area contributed by atoms with Crippen LogP contribution in [0.5, 0.6) is 5.88 Å². The van der Waals surface area contributed by atoms with Gasteiger partial charge >= 0.3 is 0 Å². The predicted octanol–water partition coefficient (Wildman–Crippen LogP) is 3.54. The van der Waals surface area contributed by atoms with Crippen LogP contribution in [0.15, 0.2) is 24.3 Å². The molecule has 0 saturated heterocycles. The van der Waals surface area contributed by atoms with Gasteiger partial charge in [0.2, 0.25) is 5.88 Å². The van der Waals surface area contributed by atoms with E-state index in [2.05, 4.69) is 10.7 Å². The summed E-state index contributed by atoms with van der Waals surface area (Å²) in [5, 5.41) is 13.2. The lowest BCUT2D eigenvalue weighted by Gasteiger charge is -2.12. The van der Waals surface area contributed by atoms with E-state index in [1.54, 1.807) is 6.92 Å². The first kappa shape index (κ1) is 14.0. The fourth-order valence-electron chi connectivity index (χ4n) is 1.55. The van der Waals surface area contributed by atoms with Gasteiger partial charge in [-0.1, -0.05) is 12.1 Å². The minimum absolute atomic E-state index is 0.0865. The molecule has 0 radical (unpaired) electrons. The maximum atomic E-state index is 9.83. The second-order valence-electron chi connectivity index (χ2n) is 4.02. The first-order valence-corrected chi connectivity index (χ1v) is 7.17. The summed E-state index contributed by atoms with van der Waals surface area (Å²) < 4.78 is 1.91. The van der Waals surface area contributed by atoms with Gasteiger partial charge in [-0.2, -0.15) is 4.68 Å². The summed E-state index contributed by atoms with van der Waals surface area (Å²) in [6.45, 7) is 3.80. The van der Waals surface area contributed by atoms with Crippen LogP contribution in [0.3, 0.4) is 0 Å². The molecule has 1 aromatic carbocycles. The molecule has 2 aromatic rings. The van der Waals surface area contributed by atoms with Crippen molar-refractivity contribution in [2.75, 3.05) is 10.7 Å². The Morgan fingerprint density at radius 2 is 2.11 bits per heavy atom. The van der Waals surface area contributed by atoms with Crippen molar-refractivity contribution in [3.8, 4) is 5.88 Å². The van der Waals surface area contributed by atoms with Crippen LogP contribution in [0.1, 0.15) is 10.4 Å². The zero-order chi connectivity index (χ0) is 14.0. The Balaban J connectivity index is 2.12. The summed E-state index contributed by atoms with van der Waals surface area (Å²) in [4.78, 5) is 0.746. The highest BCUT2D eigenvalue weighted by atomic mass is 32.1. The van der Waals surface area contributed by atoms with Crippen molar-refractivity contribution < 1.29 is 5.11 Å². The number of anilines is 1. The molecule has 7 heteroatoms. The molecule has 4 nitrogen and oxygen atoms in total. The number of thiocarbonyl (C=S) groups is 1. The number of benzene rings is 1. The Morgan fingerprint density at radius 1 is 1.37 bits per heavy atom. The molecule has 0 saturated carbocycles. The van der Waals surface area contributed by atoms with Crippen LogP contribution in [-0.4, -0.2) is 14.9 Å². The normalized spacial score (nSPS) is 10.2. The van der Waals surface area contributed by atoms with Crippen molar-refractivity contribution in [1.82, 2.24) is 4.68 Å². The van der Waals surface area contributed by atoms with Gasteiger partial charge < -0.3 is 10.4 Å². The minimum Gasteiger partial charge on any atom is -0.492 e. The molecule has 0 aliphatic carbocycles. The number of thiazole rings is 1. The largest absolute Gasteiger partial charge is 0.492 e. The van der Waals surface area contributed by atoms with Crippen molar-refractivity contribution in [3.05, 3.63) is 38.7 Å². The highest BCUT2D eigenvalue weighted by Gasteiger charge is 2.09. The Bertz CT molecular complexity index is 675.